The van der Waals surface area contributed by atoms with Gasteiger partial charge in [0.1, 0.15) is 0 Å². The van der Waals surface area contributed by atoms with E-state index in [2.05, 4.69) is 67.5 Å². The average molecular weight is 254 g/mol. The molecule has 1 nitrogen and oxygen atoms in total. The number of unbranched alkanes of at least 4 members (excludes halogenated alkanes) is 1. The lowest BCUT2D eigenvalue weighted by atomic mass is 9.87. The quantitative estimate of drug-likeness (QED) is 0.443. The fourth-order valence-electron chi connectivity index (χ4n) is 1.62. The van der Waals surface area contributed by atoms with Gasteiger partial charge in [-0.15, -0.1) is 0 Å². The molecule has 0 bridgehead atoms. The molecular weight excluding hydrogens is 220 g/mol. The van der Waals surface area contributed by atoms with Crippen molar-refractivity contribution in [1.82, 2.24) is 0 Å². The van der Waals surface area contributed by atoms with Crippen molar-refractivity contribution >= 4 is 0 Å². The maximum atomic E-state index is 5.89. The summed E-state index contributed by atoms with van der Waals surface area (Å²) in [5, 5.41) is 0. The van der Waals surface area contributed by atoms with Gasteiger partial charge in [0.25, 0.3) is 0 Å². The van der Waals surface area contributed by atoms with Gasteiger partial charge in [-0.3, -0.25) is 0 Å². The van der Waals surface area contributed by atoms with Gasteiger partial charge < -0.3 is 4.74 Å². The summed E-state index contributed by atoms with van der Waals surface area (Å²) in [7, 11) is 0. The molecule has 0 rings (SSSR count). The molecule has 0 radical (unpaired) electrons. The first-order valence-electron chi connectivity index (χ1n) is 7.23. The van der Waals surface area contributed by atoms with Crippen LogP contribution in [0.15, 0.2) is 12.2 Å². The Balaban J connectivity index is 3.87. The summed E-state index contributed by atoms with van der Waals surface area (Å²) >= 11 is 0. The van der Waals surface area contributed by atoms with Crippen LogP contribution in [0.4, 0.5) is 0 Å². The van der Waals surface area contributed by atoms with Gasteiger partial charge in [0, 0.05) is 0 Å². The lowest BCUT2D eigenvalue weighted by Gasteiger charge is -2.29. The van der Waals surface area contributed by atoms with Crippen LogP contribution in [0.5, 0.6) is 0 Å². The van der Waals surface area contributed by atoms with E-state index >= 15 is 0 Å². The van der Waals surface area contributed by atoms with Gasteiger partial charge in [-0.1, -0.05) is 46.8 Å². The average Bonchev–Trinajstić information content (AvgIpc) is 2.11. The molecule has 0 spiro atoms. The van der Waals surface area contributed by atoms with Crippen molar-refractivity contribution in [3.05, 3.63) is 12.2 Å². The molecule has 1 heteroatoms. The highest BCUT2D eigenvalue weighted by Gasteiger charge is 2.21. The summed E-state index contributed by atoms with van der Waals surface area (Å²) in [6, 6.07) is 0. The molecule has 0 aliphatic rings. The molecule has 0 fully saturated rings. The molecule has 0 aliphatic carbocycles. The predicted octanol–water partition coefficient (Wildman–Crippen LogP) is 5.60. The van der Waals surface area contributed by atoms with E-state index < -0.39 is 0 Å². The zero-order chi connectivity index (χ0) is 14.4. The Bertz CT molecular complexity index is 248. The van der Waals surface area contributed by atoms with Crippen LogP contribution in [0.25, 0.3) is 0 Å². The van der Waals surface area contributed by atoms with Gasteiger partial charge >= 0.3 is 0 Å². The van der Waals surface area contributed by atoms with Crippen LogP contribution < -0.4 is 0 Å². The Kier molecular flexibility index (Phi) is 6.63. The maximum absolute atomic E-state index is 5.89. The molecular formula is C17H34O. The lowest BCUT2D eigenvalue weighted by Crippen LogP contribution is -2.28. The third-order valence-electron chi connectivity index (χ3n) is 2.74. The minimum absolute atomic E-state index is 0.0244. The monoisotopic (exact) mass is 254 g/mol. The molecule has 0 aromatic rings. The van der Waals surface area contributed by atoms with Crippen LogP contribution in [0.2, 0.25) is 0 Å². The van der Waals surface area contributed by atoms with E-state index in [-0.39, 0.29) is 11.0 Å². The van der Waals surface area contributed by atoms with Gasteiger partial charge in [0.05, 0.1) is 12.2 Å². The first kappa shape index (κ1) is 17.7. The second kappa shape index (κ2) is 6.75. The zero-order valence-electron chi connectivity index (χ0n) is 13.9. The molecule has 0 aromatic carbocycles. The van der Waals surface area contributed by atoms with E-state index in [1.807, 2.05) is 0 Å². The van der Waals surface area contributed by atoms with E-state index in [0.29, 0.717) is 5.41 Å². The van der Waals surface area contributed by atoms with E-state index in [0.717, 1.165) is 6.61 Å². The summed E-state index contributed by atoms with van der Waals surface area (Å²) in [5.74, 6) is 0. The first-order chi connectivity index (χ1) is 7.91. The first-order valence-corrected chi connectivity index (χ1v) is 7.23. The van der Waals surface area contributed by atoms with Gasteiger partial charge in [0.2, 0.25) is 0 Å². The van der Waals surface area contributed by atoms with E-state index in [9.17, 15) is 0 Å². The van der Waals surface area contributed by atoms with Crippen molar-refractivity contribution in [2.45, 2.75) is 80.3 Å². The highest BCUT2D eigenvalue weighted by molar-refractivity contribution is 4.92. The third-order valence-corrected chi connectivity index (χ3v) is 2.74. The molecule has 0 amide bonds. The number of hydrogen-bond donors (Lipinski definition) is 0. The Hall–Kier alpha value is -0.300. The molecule has 0 aliphatic heterocycles. The number of allylic oxidation sites excluding steroid dienone is 2. The van der Waals surface area contributed by atoms with Crippen LogP contribution >= 0.6 is 0 Å². The molecule has 0 atom stereocenters. The van der Waals surface area contributed by atoms with Crippen molar-refractivity contribution in [3.63, 3.8) is 0 Å². The summed E-state index contributed by atoms with van der Waals surface area (Å²) in [5.41, 5.74) is 0.567. The van der Waals surface area contributed by atoms with Crippen LogP contribution in [-0.4, -0.2) is 12.2 Å². The van der Waals surface area contributed by atoms with Crippen LogP contribution in [0.1, 0.15) is 74.7 Å². The Morgan fingerprint density at radius 2 is 1.44 bits per heavy atom. The molecule has 0 unspecified atom stereocenters. The van der Waals surface area contributed by atoms with Crippen LogP contribution in [0, 0.1) is 10.8 Å². The second-order valence-electron chi connectivity index (χ2n) is 8.23. The SMILES string of the molecule is CC(C)(C)/C=C/CCCC(C)(C)COC(C)(C)C. The normalized spacial score (nSPS) is 14.4. The zero-order valence-corrected chi connectivity index (χ0v) is 13.9. The molecule has 18 heavy (non-hydrogen) atoms. The van der Waals surface area contributed by atoms with Crippen molar-refractivity contribution < 1.29 is 4.74 Å². The molecule has 0 aromatic heterocycles. The highest BCUT2D eigenvalue weighted by atomic mass is 16.5. The Morgan fingerprint density at radius 1 is 0.889 bits per heavy atom. The van der Waals surface area contributed by atoms with Gasteiger partial charge in [-0.25, -0.2) is 0 Å². The number of hydrogen-bond acceptors (Lipinski definition) is 1. The maximum Gasteiger partial charge on any atom is 0.0598 e. The minimum atomic E-state index is -0.0244. The standard InChI is InChI=1S/C17H34O/c1-15(2,3)12-10-9-11-13-17(7,8)14-18-16(4,5)6/h10,12H,9,11,13-14H2,1-8H3/b12-10+. The summed E-state index contributed by atoms with van der Waals surface area (Å²) in [6.07, 6.45) is 8.27. The van der Waals surface area contributed by atoms with E-state index in [1.165, 1.54) is 19.3 Å². The van der Waals surface area contributed by atoms with Crippen molar-refractivity contribution in [1.29, 1.82) is 0 Å². The van der Waals surface area contributed by atoms with Gasteiger partial charge in [-0.2, -0.15) is 0 Å². The smallest absolute Gasteiger partial charge is 0.0598 e. The minimum Gasteiger partial charge on any atom is -0.375 e. The fraction of sp³-hybridized carbons (Fsp3) is 0.882. The topological polar surface area (TPSA) is 9.23 Å². The molecule has 108 valence electrons. The van der Waals surface area contributed by atoms with E-state index in [4.69, 9.17) is 4.74 Å². The Morgan fingerprint density at radius 3 is 1.89 bits per heavy atom. The second-order valence-corrected chi connectivity index (χ2v) is 8.23. The largest absolute Gasteiger partial charge is 0.375 e. The molecule has 0 N–H and O–H groups in total. The van der Waals surface area contributed by atoms with Gasteiger partial charge in [-0.05, 0) is 50.9 Å². The predicted molar refractivity (Wildman–Crippen MR) is 81.9 cm³/mol. The highest BCUT2D eigenvalue weighted by Crippen LogP contribution is 2.26. The van der Waals surface area contributed by atoms with Crippen molar-refractivity contribution in [2.24, 2.45) is 10.8 Å². The molecule has 0 saturated heterocycles. The fourth-order valence-corrected chi connectivity index (χ4v) is 1.62. The van der Waals surface area contributed by atoms with Crippen LogP contribution in [0.3, 0.4) is 0 Å². The number of ether oxygens (including phenoxy) is 1. The Labute approximate surface area is 115 Å². The van der Waals surface area contributed by atoms with Crippen molar-refractivity contribution in [3.8, 4) is 0 Å². The third kappa shape index (κ3) is 12.2. The summed E-state index contributed by atoms with van der Waals surface area (Å²) in [4.78, 5) is 0. The van der Waals surface area contributed by atoms with E-state index in [1.54, 1.807) is 0 Å². The van der Waals surface area contributed by atoms with Crippen molar-refractivity contribution in [2.75, 3.05) is 6.61 Å². The molecule has 0 saturated carbocycles. The summed E-state index contributed by atoms with van der Waals surface area (Å²) < 4.78 is 5.89. The summed E-state index contributed by atoms with van der Waals surface area (Å²) in [6.45, 7) is 18.5. The number of rotatable bonds is 6. The lowest BCUT2D eigenvalue weighted by molar-refractivity contribution is -0.0452. The van der Waals surface area contributed by atoms with Gasteiger partial charge in [0.15, 0.2) is 0 Å². The van der Waals surface area contributed by atoms with Crippen LogP contribution in [-0.2, 0) is 4.74 Å². The molecule has 0 heterocycles.